The Hall–Kier alpha value is -3.20. The van der Waals surface area contributed by atoms with E-state index in [4.69, 9.17) is 4.74 Å². The maximum absolute atomic E-state index is 13.5. The quantitative estimate of drug-likeness (QED) is 0.625. The van der Waals surface area contributed by atoms with Gasteiger partial charge in [-0.1, -0.05) is 18.2 Å². The van der Waals surface area contributed by atoms with Crippen molar-refractivity contribution in [2.75, 3.05) is 6.54 Å². The second-order valence-electron chi connectivity index (χ2n) is 6.35. The third-order valence-electron chi connectivity index (χ3n) is 4.24. The molecule has 0 amide bonds. The zero-order valence-corrected chi connectivity index (χ0v) is 14.9. The molecule has 0 spiro atoms. The second kappa shape index (κ2) is 7.67. The normalized spacial score (nSPS) is 17.6. The molecule has 0 bridgehead atoms. The molecule has 1 aliphatic heterocycles. The summed E-state index contributed by atoms with van der Waals surface area (Å²) in [6, 6.07) is 9.49. The predicted octanol–water partition coefficient (Wildman–Crippen LogP) is 4.72. The number of nitrogens with zero attached hydrogens (tertiary/aromatic N) is 2. The summed E-state index contributed by atoms with van der Waals surface area (Å²) >= 11 is 0. The van der Waals surface area contributed by atoms with Gasteiger partial charge in [0.15, 0.2) is 0 Å². The predicted molar refractivity (Wildman–Crippen MR) is 98.4 cm³/mol. The molecule has 0 radical (unpaired) electrons. The minimum Gasteiger partial charge on any atom is -0.406 e. The van der Waals surface area contributed by atoms with Gasteiger partial charge >= 0.3 is 6.36 Å². The molecule has 1 aromatic heterocycles. The molecule has 2 heterocycles. The Balaban J connectivity index is 1.67. The summed E-state index contributed by atoms with van der Waals surface area (Å²) < 4.78 is 60.8. The lowest BCUT2D eigenvalue weighted by molar-refractivity contribution is -0.274. The fourth-order valence-corrected chi connectivity index (χ4v) is 2.99. The topological polar surface area (TPSA) is 59.5 Å². The highest BCUT2D eigenvalue weighted by atomic mass is 19.4. The zero-order valence-electron chi connectivity index (χ0n) is 14.9. The van der Waals surface area contributed by atoms with Crippen molar-refractivity contribution >= 4 is 17.2 Å². The Bertz CT molecular complexity index is 1060. The average molecular weight is 405 g/mol. The third-order valence-corrected chi connectivity index (χ3v) is 4.24. The number of allylic oxidation sites excluding steroid dienone is 1. The van der Waals surface area contributed by atoms with E-state index in [1.54, 1.807) is 12.3 Å². The molecule has 5 nitrogen and oxygen atoms in total. The lowest BCUT2D eigenvalue weighted by Gasteiger charge is -2.22. The van der Waals surface area contributed by atoms with Gasteiger partial charge in [0.1, 0.15) is 23.5 Å². The van der Waals surface area contributed by atoms with Crippen LogP contribution in [0.4, 0.5) is 17.6 Å². The summed E-state index contributed by atoms with van der Waals surface area (Å²) in [5, 5.41) is 0. The van der Waals surface area contributed by atoms with Crippen molar-refractivity contribution in [2.24, 2.45) is 4.99 Å². The number of imidazole rings is 1. The maximum atomic E-state index is 13.5. The van der Waals surface area contributed by atoms with E-state index in [0.717, 1.165) is 0 Å². The number of ether oxygens (including phenoxy) is 2. The van der Waals surface area contributed by atoms with Crippen molar-refractivity contribution in [2.45, 2.75) is 18.6 Å². The van der Waals surface area contributed by atoms with Gasteiger partial charge in [0.05, 0.1) is 23.7 Å². The van der Waals surface area contributed by atoms with Gasteiger partial charge in [-0.25, -0.2) is 9.37 Å². The van der Waals surface area contributed by atoms with Gasteiger partial charge in [0, 0.05) is 6.21 Å². The molecule has 150 valence electrons. The standard InChI is InChI=1S/C20H15F4N3O2/c21-13-5-8-16-17(10-13)27-19(26-16)18(28-15-2-1-9-25-11-15)12-3-6-14(7-4-12)29-20(22,23)24/h1-10,15,18H,11H2,(H,26,27). The molecular weight excluding hydrogens is 390 g/mol. The van der Waals surface area contributed by atoms with Crippen molar-refractivity contribution in [1.29, 1.82) is 0 Å². The number of dihydropyridines is 1. The minimum absolute atomic E-state index is 0.339. The van der Waals surface area contributed by atoms with Gasteiger partial charge in [-0.15, -0.1) is 13.2 Å². The number of aromatic amines is 1. The van der Waals surface area contributed by atoms with Crippen LogP contribution in [0.15, 0.2) is 59.6 Å². The van der Waals surface area contributed by atoms with E-state index in [2.05, 4.69) is 19.7 Å². The van der Waals surface area contributed by atoms with Gasteiger partial charge in [-0.3, -0.25) is 4.99 Å². The zero-order chi connectivity index (χ0) is 20.4. The van der Waals surface area contributed by atoms with Gasteiger partial charge in [-0.05, 0) is 42.0 Å². The smallest absolute Gasteiger partial charge is 0.406 e. The van der Waals surface area contributed by atoms with Crippen LogP contribution < -0.4 is 4.74 Å². The molecule has 1 N–H and O–H groups in total. The number of halogens is 4. The summed E-state index contributed by atoms with van der Waals surface area (Å²) in [4.78, 5) is 11.6. The second-order valence-corrected chi connectivity index (χ2v) is 6.35. The van der Waals surface area contributed by atoms with E-state index in [0.29, 0.717) is 29.0 Å². The van der Waals surface area contributed by atoms with Crippen LogP contribution in [0.5, 0.6) is 5.75 Å². The van der Waals surface area contributed by atoms with Crippen LogP contribution in [0.2, 0.25) is 0 Å². The van der Waals surface area contributed by atoms with Crippen molar-refractivity contribution in [3.8, 4) is 5.75 Å². The summed E-state index contributed by atoms with van der Waals surface area (Å²) in [7, 11) is 0. The van der Waals surface area contributed by atoms with Crippen LogP contribution >= 0.6 is 0 Å². The number of fused-ring (bicyclic) bond motifs is 1. The largest absolute Gasteiger partial charge is 0.573 e. The number of rotatable bonds is 5. The molecule has 2 atom stereocenters. The Kier molecular flexibility index (Phi) is 5.06. The summed E-state index contributed by atoms with van der Waals surface area (Å²) in [5.41, 5.74) is 1.59. The molecule has 4 rings (SSSR count). The number of benzene rings is 2. The molecule has 0 aliphatic carbocycles. The Morgan fingerprint density at radius 1 is 1.10 bits per heavy atom. The molecule has 1 aliphatic rings. The van der Waals surface area contributed by atoms with Crippen LogP contribution in [0, 0.1) is 5.82 Å². The highest BCUT2D eigenvalue weighted by molar-refractivity contribution is 5.75. The SMILES string of the molecule is Fc1ccc2nc(C(OC3C=CC=NC3)c3ccc(OC(F)(F)F)cc3)[nH]c2c1. The first kappa shape index (κ1) is 19.1. The van der Waals surface area contributed by atoms with Gasteiger partial charge in [-0.2, -0.15) is 0 Å². The highest BCUT2D eigenvalue weighted by Gasteiger charge is 2.31. The number of H-pyrrole nitrogens is 1. The number of hydrogen-bond donors (Lipinski definition) is 1. The van der Waals surface area contributed by atoms with Crippen LogP contribution in [0.25, 0.3) is 11.0 Å². The fraction of sp³-hybridized carbons (Fsp3) is 0.200. The van der Waals surface area contributed by atoms with Crippen LogP contribution in [-0.4, -0.2) is 35.2 Å². The first-order valence-corrected chi connectivity index (χ1v) is 8.70. The molecule has 2 aromatic carbocycles. The Labute approximate surface area is 162 Å². The fourth-order valence-electron chi connectivity index (χ4n) is 2.99. The number of nitrogens with one attached hydrogen (secondary N) is 1. The highest BCUT2D eigenvalue weighted by Crippen LogP contribution is 2.31. The van der Waals surface area contributed by atoms with Crippen molar-refractivity contribution < 1.29 is 27.0 Å². The monoisotopic (exact) mass is 405 g/mol. The number of aromatic nitrogens is 2. The van der Waals surface area contributed by atoms with Crippen LogP contribution in [-0.2, 0) is 4.74 Å². The lowest BCUT2D eigenvalue weighted by Crippen LogP contribution is -2.21. The van der Waals surface area contributed by atoms with E-state index in [1.807, 2.05) is 6.08 Å². The molecule has 9 heteroatoms. The summed E-state index contributed by atoms with van der Waals surface area (Å²) in [6.07, 6.45) is -0.620. The summed E-state index contributed by atoms with van der Waals surface area (Å²) in [6.45, 7) is 0.400. The van der Waals surface area contributed by atoms with E-state index in [1.165, 1.54) is 42.5 Å². The summed E-state index contributed by atoms with van der Waals surface area (Å²) in [5.74, 6) is -0.352. The van der Waals surface area contributed by atoms with Crippen molar-refractivity contribution in [3.05, 3.63) is 71.8 Å². The van der Waals surface area contributed by atoms with Gasteiger partial charge < -0.3 is 14.5 Å². The minimum atomic E-state index is -4.77. The average Bonchev–Trinajstić information content (AvgIpc) is 3.09. The van der Waals surface area contributed by atoms with E-state index >= 15 is 0 Å². The van der Waals surface area contributed by atoms with E-state index < -0.39 is 18.3 Å². The third kappa shape index (κ3) is 4.62. The molecule has 2 unspecified atom stereocenters. The van der Waals surface area contributed by atoms with E-state index in [-0.39, 0.29) is 11.9 Å². The van der Waals surface area contributed by atoms with Crippen LogP contribution in [0.3, 0.4) is 0 Å². The van der Waals surface area contributed by atoms with Crippen molar-refractivity contribution in [1.82, 2.24) is 9.97 Å². The first-order valence-electron chi connectivity index (χ1n) is 8.70. The maximum Gasteiger partial charge on any atom is 0.573 e. The number of aliphatic imine (C=N–C) groups is 1. The first-order chi connectivity index (χ1) is 13.9. The van der Waals surface area contributed by atoms with Gasteiger partial charge in [0.2, 0.25) is 0 Å². The molecule has 29 heavy (non-hydrogen) atoms. The number of hydrogen-bond acceptors (Lipinski definition) is 4. The Morgan fingerprint density at radius 3 is 2.59 bits per heavy atom. The Morgan fingerprint density at radius 2 is 1.90 bits per heavy atom. The number of alkyl halides is 3. The molecular formula is C20H15F4N3O2. The van der Waals surface area contributed by atoms with E-state index in [9.17, 15) is 17.6 Å². The molecule has 0 saturated heterocycles. The lowest BCUT2D eigenvalue weighted by atomic mass is 10.1. The van der Waals surface area contributed by atoms with Gasteiger partial charge in [0.25, 0.3) is 0 Å². The molecule has 0 saturated carbocycles. The molecule has 3 aromatic rings. The molecule has 0 fully saturated rings. The van der Waals surface area contributed by atoms with Crippen LogP contribution in [0.1, 0.15) is 17.5 Å². The van der Waals surface area contributed by atoms with Crippen molar-refractivity contribution in [3.63, 3.8) is 0 Å².